The van der Waals surface area contributed by atoms with E-state index >= 15 is 0 Å². The van der Waals surface area contributed by atoms with E-state index in [0.29, 0.717) is 31.6 Å². The summed E-state index contributed by atoms with van der Waals surface area (Å²) in [5.74, 6) is 0.930. The molecule has 0 atom stereocenters. The maximum Gasteiger partial charge on any atom is 0.194 e. The van der Waals surface area contributed by atoms with Gasteiger partial charge in [-0.2, -0.15) is 0 Å². The van der Waals surface area contributed by atoms with Gasteiger partial charge in [0.2, 0.25) is 0 Å². The van der Waals surface area contributed by atoms with E-state index in [4.69, 9.17) is 5.73 Å². The molecule has 0 radical (unpaired) electrons. The fraction of sp³-hybridized carbons (Fsp3) is 0.500. The van der Waals surface area contributed by atoms with Gasteiger partial charge < -0.3 is 11.1 Å². The predicted molar refractivity (Wildman–Crippen MR) is 82.1 cm³/mol. The van der Waals surface area contributed by atoms with Crippen LogP contribution < -0.4 is 11.1 Å². The topological polar surface area (TPSA) is 63.3 Å². The van der Waals surface area contributed by atoms with Gasteiger partial charge in [0, 0.05) is 19.2 Å². The monoisotopic (exact) mass is 364 g/mol. The molecule has 1 saturated carbocycles. The van der Waals surface area contributed by atoms with Crippen molar-refractivity contribution in [3.8, 4) is 0 Å². The van der Waals surface area contributed by atoms with Crippen molar-refractivity contribution in [1.29, 1.82) is 0 Å². The van der Waals surface area contributed by atoms with Crippen LogP contribution in [0.4, 0.5) is 10.2 Å². The molecule has 4 nitrogen and oxygen atoms in total. The van der Waals surface area contributed by atoms with E-state index in [2.05, 4.69) is 15.3 Å². The summed E-state index contributed by atoms with van der Waals surface area (Å²) in [6.07, 6.45) is 4.44. The number of hydrogen-bond acceptors (Lipinski definition) is 2. The molecule has 1 aliphatic rings. The molecular formula is C12H18FIN4. The molecule has 18 heavy (non-hydrogen) atoms. The fourth-order valence-corrected chi connectivity index (χ4v) is 1.79. The van der Waals surface area contributed by atoms with Crippen molar-refractivity contribution >= 4 is 35.8 Å². The van der Waals surface area contributed by atoms with E-state index in [9.17, 15) is 4.39 Å². The summed E-state index contributed by atoms with van der Waals surface area (Å²) in [4.78, 5) is 8.15. The third kappa shape index (κ3) is 4.40. The normalized spacial score (nSPS) is 17.5. The van der Waals surface area contributed by atoms with E-state index in [-0.39, 0.29) is 29.9 Å². The lowest BCUT2D eigenvalue weighted by atomic mass is 9.80. The Balaban J connectivity index is 0.00000162. The molecule has 1 aromatic rings. The number of pyridine rings is 1. The number of nitrogens with one attached hydrogen (secondary N) is 1. The molecule has 0 aliphatic heterocycles. The van der Waals surface area contributed by atoms with Crippen LogP contribution in [0.1, 0.15) is 25.7 Å². The lowest BCUT2D eigenvalue weighted by molar-refractivity contribution is 0.0568. The first-order chi connectivity index (χ1) is 8.18. The van der Waals surface area contributed by atoms with Gasteiger partial charge in [0.05, 0.1) is 0 Å². The van der Waals surface area contributed by atoms with Gasteiger partial charge in [-0.25, -0.2) is 9.37 Å². The molecule has 1 aromatic heterocycles. The van der Waals surface area contributed by atoms with E-state index in [1.54, 1.807) is 12.3 Å². The number of nitrogens with two attached hydrogens (primary N) is 1. The Labute approximate surface area is 123 Å². The largest absolute Gasteiger partial charge is 0.370 e. The third-order valence-corrected chi connectivity index (χ3v) is 3.01. The van der Waals surface area contributed by atoms with Crippen LogP contribution in [0.3, 0.4) is 0 Å². The Bertz CT molecular complexity index is 392. The number of aromatic nitrogens is 1. The number of alkyl halides is 1. The van der Waals surface area contributed by atoms with Crippen molar-refractivity contribution in [2.75, 3.05) is 11.9 Å². The third-order valence-electron chi connectivity index (χ3n) is 3.01. The van der Waals surface area contributed by atoms with Gasteiger partial charge in [-0.1, -0.05) is 6.07 Å². The summed E-state index contributed by atoms with van der Waals surface area (Å²) >= 11 is 0. The standard InChI is InChI=1S/C12H17FN4.HI/c13-12(5-3-6-12)7-9-16-11(14)17-10-4-1-2-8-15-10;/h1-2,4,8H,3,5-7,9H2,(H3,14,15,16,17);1H. The van der Waals surface area contributed by atoms with Gasteiger partial charge in [0.15, 0.2) is 5.96 Å². The molecule has 2 rings (SSSR count). The summed E-state index contributed by atoms with van der Waals surface area (Å²) in [5, 5.41) is 2.86. The Morgan fingerprint density at radius 3 is 2.83 bits per heavy atom. The van der Waals surface area contributed by atoms with Crippen LogP contribution in [0, 0.1) is 0 Å². The van der Waals surface area contributed by atoms with Gasteiger partial charge in [-0.15, -0.1) is 24.0 Å². The van der Waals surface area contributed by atoms with Crippen molar-refractivity contribution in [3.63, 3.8) is 0 Å². The number of nitrogens with zero attached hydrogens (tertiary/aromatic N) is 2. The number of hydrogen-bond donors (Lipinski definition) is 2. The van der Waals surface area contributed by atoms with E-state index in [0.717, 1.165) is 6.42 Å². The highest BCUT2D eigenvalue weighted by Crippen LogP contribution is 2.38. The minimum Gasteiger partial charge on any atom is -0.370 e. The van der Waals surface area contributed by atoms with E-state index in [1.807, 2.05) is 12.1 Å². The van der Waals surface area contributed by atoms with Gasteiger partial charge in [-0.05, 0) is 31.4 Å². The van der Waals surface area contributed by atoms with Crippen LogP contribution in [0.2, 0.25) is 0 Å². The second-order valence-corrected chi connectivity index (χ2v) is 4.36. The van der Waals surface area contributed by atoms with E-state index in [1.165, 1.54) is 0 Å². The first-order valence-corrected chi connectivity index (χ1v) is 5.85. The lowest BCUT2D eigenvalue weighted by Gasteiger charge is -2.33. The highest BCUT2D eigenvalue weighted by Gasteiger charge is 2.36. The Morgan fingerprint density at radius 2 is 2.28 bits per heavy atom. The zero-order valence-electron chi connectivity index (χ0n) is 10.1. The molecule has 0 amide bonds. The fourth-order valence-electron chi connectivity index (χ4n) is 1.79. The maximum absolute atomic E-state index is 13.6. The van der Waals surface area contributed by atoms with Crippen LogP contribution in [0.5, 0.6) is 0 Å². The second kappa shape index (κ2) is 6.86. The molecule has 1 heterocycles. The summed E-state index contributed by atoms with van der Waals surface area (Å²) in [7, 11) is 0. The van der Waals surface area contributed by atoms with Crippen molar-refractivity contribution in [3.05, 3.63) is 24.4 Å². The molecule has 1 aliphatic carbocycles. The summed E-state index contributed by atoms with van der Waals surface area (Å²) in [6.45, 7) is 0.419. The predicted octanol–water partition coefficient (Wildman–Crippen LogP) is 2.71. The van der Waals surface area contributed by atoms with Crippen molar-refractivity contribution in [2.45, 2.75) is 31.4 Å². The highest BCUT2D eigenvalue weighted by molar-refractivity contribution is 14.0. The van der Waals surface area contributed by atoms with Gasteiger partial charge >= 0.3 is 0 Å². The smallest absolute Gasteiger partial charge is 0.194 e. The molecular weight excluding hydrogens is 346 g/mol. The average Bonchev–Trinajstić information content (AvgIpc) is 2.28. The van der Waals surface area contributed by atoms with Crippen LogP contribution in [0.25, 0.3) is 0 Å². The Morgan fingerprint density at radius 1 is 1.50 bits per heavy atom. The quantitative estimate of drug-likeness (QED) is 0.491. The molecule has 0 aromatic carbocycles. The van der Waals surface area contributed by atoms with Gasteiger partial charge in [0.1, 0.15) is 11.5 Å². The lowest BCUT2D eigenvalue weighted by Crippen LogP contribution is -2.33. The zero-order valence-corrected chi connectivity index (χ0v) is 12.4. The maximum atomic E-state index is 13.6. The number of aliphatic imine (C=N–C) groups is 1. The molecule has 0 bridgehead atoms. The van der Waals surface area contributed by atoms with Gasteiger partial charge in [-0.3, -0.25) is 4.99 Å². The molecule has 6 heteroatoms. The minimum absolute atomic E-state index is 0. The van der Waals surface area contributed by atoms with E-state index < -0.39 is 5.67 Å². The molecule has 0 saturated heterocycles. The number of rotatable bonds is 4. The number of guanidine groups is 1. The molecule has 3 N–H and O–H groups in total. The first kappa shape index (κ1) is 15.1. The SMILES string of the molecule is I.NC(=NCCC1(F)CCC1)Nc1ccccn1. The Kier molecular flexibility index (Phi) is 5.77. The number of anilines is 1. The van der Waals surface area contributed by atoms with Crippen molar-refractivity contribution in [2.24, 2.45) is 10.7 Å². The molecule has 0 spiro atoms. The molecule has 0 unspecified atom stereocenters. The van der Waals surface area contributed by atoms with Crippen molar-refractivity contribution < 1.29 is 4.39 Å². The molecule has 1 fully saturated rings. The first-order valence-electron chi connectivity index (χ1n) is 5.85. The molecule has 100 valence electrons. The minimum atomic E-state index is -0.991. The van der Waals surface area contributed by atoms with Crippen LogP contribution >= 0.6 is 24.0 Å². The zero-order chi connectivity index (χ0) is 12.1. The van der Waals surface area contributed by atoms with Crippen molar-refractivity contribution in [1.82, 2.24) is 4.98 Å². The summed E-state index contributed by atoms with van der Waals surface area (Å²) < 4.78 is 13.6. The summed E-state index contributed by atoms with van der Waals surface area (Å²) in [6, 6.07) is 5.47. The average molecular weight is 364 g/mol. The van der Waals surface area contributed by atoms with Crippen LogP contribution in [-0.2, 0) is 0 Å². The Hall–Kier alpha value is -0.920. The highest BCUT2D eigenvalue weighted by atomic mass is 127. The van der Waals surface area contributed by atoms with Crippen LogP contribution in [0.15, 0.2) is 29.4 Å². The van der Waals surface area contributed by atoms with Crippen LogP contribution in [-0.4, -0.2) is 23.2 Å². The summed E-state index contributed by atoms with van der Waals surface area (Å²) in [5.41, 5.74) is 4.68. The van der Waals surface area contributed by atoms with Gasteiger partial charge in [0.25, 0.3) is 0 Å². The second-order valence-electron chi connectivity index (χ2n) is 4.36. The number of halogens is 2.